The molecule has 2 aromatic carbocycles. The van der Waals surface area contributed by atoms with Gasteiger partial charge in [-0.2, -0.15) is 0 Å². The van der Waals surface area contributed by atoms with Gasteiger partial charge in [0.25, 0.3) is 5.91 Å². The van der Waals surface area contributed by atoms with E-state index >= 15 is 0 Å². The summed E-state index contributed by atoms with van der Waals surface area (Å²) in [5.74, 6) is 0.741. The van der Waals surface area contributed by atoms with E-state index in [-0.39, 0.29) is 5.91 Å². The number of amides is 1. The van der Waals surface area contributed by atoms with Crippen molar-refractivity contribution >= 4 is 23.1 Å². The molecule has 4 aromatic rings. The normalized spacial score (nSPS) is 14.0. The fourth-order valence-corrected chi connectivity index (χ4v) is 4.45. The summed E-state index contributed by atoms with van der Waals surface area (Å²) < 4.78 is 0. The Morgan fingerprint density at radius 1 is 0.972 bits per heavy atom. The van der Waals surface area contributed by atoms with E-state index in [4.69, 9.17) is 10.7 Å². The highest BCUT2D eigenvalue weighted by Crippen LogP contribution is 2.24. The van der Waals surface area contributed by atoms with Crippen molar-refractivity contribution in [2.24, 2.45) is 0 Å². The molecule has 1 aliphatic rings. The molecule has 36 heavy (non-hydrogen) atoms. The molecule has 0 saturated carbocycles. The van der Waals surface area contributed by atoms with Crippen molar-refractivity contribution in [2.75, 3.05) is 42.1 Å². The number of carbonyl (C=O) groups excluding carboxylic acids is 1. The van der Waals surface area contributed by atoms with Gasteiger partial charge in [-0.3, -0.25) is 19.7 Å². The van der Waals surface area contributed by atoms with Crippen molar-refractivity contribution in [3.8, 4) is 11.3 Å². The molecule has 1 saturated heterocycles. The first-order chi connectivity index (χ1) is 17.6. The number of rotatable bonds is 6. The molecule has 1 aliphatic heterocycles. The quantitative estimate of drug-likeness (QED) is 0.403. The third-order valence-electron chi connectivity index (χ3n) is 6.42. The second kappa shape index (κ2) is 10.5. The highest BCUT2D eigenvalue weighted by atomic mass is 16.1. The third kappa shape index (κ3) is 5.34. The van der Waals surface area contributed by atoms with Gasteiger partial charge in [-0.15, -0.1) is 0 Å². The summed E-state index contributed by atoms with van der Waals surface area (Å²) in [6.07, 6.45) is 7.21. The molecule has 2 aromatic heterocycles. The number of nitrogens with two attached hydrogens (primary N) is 1. The molecule has 8 heteroatoms. The molecular formula is C28H29N7O. The number of aryl methyl sites for hydroxylation is 1. The van der Waals surface area contributed by atoms with Crippen LogP contribution in [0.2, 0.25) is 0 Å². The highest BCUT2D eigenvalue weighted by molar-refractivity contribution is 6.05. The summed E-state index contributed by atoms with van der Waals surface area (Å²) in [7, 11) is 0. The molecule has 0 aliphatic carbocycles. The number of anilines is 3. The monoisotopic (exact) mass is 479 g/mol. The van der Waals surface area contributed by atoms with Gasteiger partial charge in [0.15, 0.2) is 0 Å². The van der Waals surface area contributed by atoms with Crippen molar-refractivity contribution in [1.82, 2.24) is 19.9 Å². The first-order valence-corrected chi connectivity index (χ1v) is 12.0. The molecule has 182 valence electrons. The number of nitrogen functional groups attached to an aromatic ring is 1. The smallest absolute Gasteiger partial charge is 0.255 e. The van der Waals surface area contributed by atoms with Crippen molar-refractivity contribution in [1.29, 1.82) is 0 Å². The van der Waals surface area contributed by atoms with Crippen LogP contribution in [0.3, 0.4) is 0 Å². The van der Waals surface area contributed by atoms with Gasteiger partial charge in [0, 0.05) is 62.4 Å². The molecule has 0 bridgehead atoms. The van der Waals surface area contributed by atoms with Gasteiger partial charge in [-0.05, 0) is 42.3 Å². The zero-order chi connectivity index (χ0) is 24.9. The van der Waals surface area contributed by atoms with Crippen LogP contribution in [-0.2, 0) is 6.54 Å². The van der Waals surface area contributed by atoms with E-state index in [2.05, 4.69) is 38.1 Å². The number of hydrogen-bond acceptors (Lipinski definition) is 7. The molecule has 5 rings (SSSR count). The van der Waals surface area contributed by atoms with Crippen LogP contribution in [0.5, 0.6) is 0 Å². The summed E-state index contributed by atoms with van der Waals surface area (Å²) in [5.41, 5.74) is 11.8. The molecule has 3 heterocycles. The minimum Gasteiger partial charge on any atom is -0.397 e. The maximum atomic E-state index is 12.6. The Hall–Kier alpha value is -4.30. The Morgan fingerprint density at radius 2 is 1.75 bits per heavy atom. The highest BCUT2D eigenvalue weighted by Gasteiger charge is 2.19. The van der Waals surface area contributed by atoms with Gasteiger partial charge in [0.05, 0.1) is 23.3 Å². The molecule has 0 atom stereocenters. The van der Waals surface area contributed by atoms with Crippen molar-refractivity contribution in [3.63, 3.8) is 0 Å². The Bertz CT molecular complexity index is 1330. The second-order valence-electron chi connectivity index (χ2n) is 8.95. The van der Waals surface area contributed by atoms with Crippen LogP contribution in [0.25, 0.3) is 11.3 Å². The van der Waals surface area contributed by atoms with Crippen LogP contribution in [-0.4, -0.2) is 51.9 Å². The van der Waals surface area contributed by atoms with Crippen LogP contribution in [0.4, 0.5) is 17.2 Å². The van der Waals surface area contributed by atoms with Gasteiger partial charge in [-0.25, -0.2) is 4.98 Å². The largest absolute Gasteiger partial charge is 0.397 e. The summed E-state index contributed by atoms with van der Waals surface area (Å²) in [6.45, 7) is 6.74. The maximum Gasteiger partial charge on any atom is 0.255 e. The molecule has 0 radical (unpaired) electrons. The van der Waals surface area contributed by atoms with Gasteiger partial charge in [0.1, 0.15) is 5.82 Å². The average molecular weight is 480 g/mol. The number of nitrogens with zero attached hydrogens (tertiary/aromatic N) is 5. The van der Waals surface area contributed by atoms with E-state index in [1.807, 2.05) is 48.8 Å². The fraction of sp³-hybridized carbons (Fsp3) is 0.214. The molecule has 1 fully saturated rings. The lowest BCUT2D eigenvalue weighted by atomic mass is 10.0. The van der Waals surface area contributed by atoms with E-state index in [1.165, 1.54) is 5.56 Å². The van der Waals surface area contributed by atoms with Crippen molar-refractivity contribution in [2.45, 2.75) is 13.5 Å². The predicted molar refractivity (Wildman–Crippen MR) is 143 cm³/mol. The summed E-state index contributed by atoms with van der Waals surface area (Å²) in [4.78, 5) is 30.7. The predicted octanol–water partition coefficient (Wildman–Crippen LogP) is 4.00. The lowest BCUT2D eigenvalue weighted by Gasteiger charge is -2.35. The molecule has 0 spiro atoms. The minimum absolute atomic E-state index is 0.195. The van der Waals surface area contributed by atoms with E-state index in [9.17, 15) is 4.79 Å². The Balaban J connectivity index is 1.20. The van der Waals surface area contributed by atoms with E-state index in [1.54, 1.807) is 24.5 Å². The Kier molecular flexibility index (Phi) is 6.86. The summed E-state index contributed by atoms with van der Waals surface area (Å²) in [6, 6.07) is 16.9. The van der Waals surface area contributed by atoms with Crippen LogP contribution in [0.15, 0.2) is 79.4 Å². The standard InChI is InChI=1S/C28H29N7O/c1-20-16-21(19-34-12-14-35(15-13-34)26-18-30-10-11-31-26)17-32-27(20)22-6-8-23(9-7-22)28(36)33-25-5-3-2-4-24(25)29/h2-11,16-18H,12-15,19,29H2,1H3,(H,33,36). The van der Waals surface area contributed by atoms with Gasteiger partial charge >= 0.3 is 0 Å². The van der Waals surface area contributed by atoms with Gasteiger partial charge in [-0.1, -0.05) is 30.3 Å². The maximum absolute atomic E-state index is 12.6. The van der Waals surface area contributed by atoms with Crippen LogP contribution in [0, 0.1) is 6.92 Å². The van der Waals surface area contributed by atoms with Crippen LogP contribution < -0.4 is 16.0 Å². The lowest BCUT2D eigenvalue weighted by molar-refractivity contribution is 0.102. The molecule has 8 nitrogen and oxygen atoms in total. The zero-order valence-electron chi connectivity index (χ0n) is 20.3. The fourth-order valence-electron chi connectivity index (χ4n) is 4.45. The van der Waals surface area contributed by atoms with E-state index in [0.717, 1.165) is 55.4 Å². The van der Waals surface area contributed by atoms with Crippen molar-refractivity contribution < 1.29 is 4.79 Å². The van der Waals surface area contributed by atoms with E-state index in [0.29, 0.717) is 16.9 Å². The topological polar surface area (TPSA) is 100 Å². The van der Waals surface area contributed by atoms with Crippen LogP contribution in [0.1, 0.15) is 21.5 Å². The van der Waals surface area contributed by atoms with Gasteiger partial charge < -0.3 is 16.0 Å². The Labute approximate surface area is 210 Å². The van der Waals surface area contributed by atoms with Gasteiger partial charge in [0.2, 0.25) is 0 Å². The minimum atomic E-state index is -0.195. The molecule has 3 N–H and O–H groups in total. The number of piperazine rings is 1. The van der Waals surface area contributed by atoms with Crippen LogP contribution >= 0.6 is 0 Å². The van der Waals surface area contributed by atoms with E-state index < -0.39 is 0 Å². The first-order valence-electron chi connectivity index (χ1n) is 12.0. The first kappa shape index (κ1) is 23.4. The molecular weight excluding hydrogens is 450 g/mol. The average Bonchev–Trinajstić information content (AvgIpc) is 2.91. The van der Waals surface area contributed by atoms with Crippen molar-refractivity contribution in [3.05, 3.63) is 96.1 Å². The number of aromatic nitrogens is 3. The Morgan fingerprint density at radius 3 is 2.44 bits per heavy atom. The number of carbonyl (C=O) groups is 1. The SMILES string of the molecule is Cc1cc(CN2CCN(c3cnccn3)CC2)cnc1-c1ccc(C(=O)Nc2ccccc2N)cc1. The zero-order valence-corrected chi connectivity index (χ0v) is 20.3. The number of para-hydroxylation sites is 2. The molecule has 1 amide bonds. The lowest BCUT2D eigenvalue weighted by Crippen LogP contribution is -2.46. The number of pyridine rings is 1. The third-order valence-corrected chi connectivity index (χ3v) is 6.42. The number of hydrogen-bond donors (Lipinski definition) is 2. The number of benzene rings is 2. The number of nitrogens with one attached hydrogen (secondary N) is 1. The summed E-state index contributed by atoms with van der Waals surface area (Å²) >= 11 is 0. The summed E-state index contributed by atoms with van der Waals surface area (Å²) in [5, 5.41) is 2.86. The second-order valence-corrected chi connectivity index (χ2v) is 8.95. The molecule has 0 unspecified atom stereocenters.